The third-order valence-corrected chi connectivity index (χ3v) is 6.51. The van der Waals surface area contributed by atoms with Gasteiger partial charge in [0, 0.05) is 12.8 Å². The van der Waals surface area contributed by atoms with Crippen LogP contribution in [0, 0.1) is 5.92 Å². The fourth-order valence-electron chi connectivity index (χ4n) is 2.94. The van der Waals surface area contributed by atoms with Crippen LogP contribution in [0.1, 0.15) is 27.2 Å². The van der Waals surface area contributed by atoms with E-state index >= 15 is 0 Å². The number of benzene rings is 2. The third kappa shape index (κ3) is 13.3. The Labute approximate surface area is 237 Å². The number of allylic oxidation sites excluding steroid dienone is 4. The minimum atomic E-state index is -4.46. The molecule has 3 N–H and O–H groups in total. The van der Waals surface area contributed by atoms with Crippen molar-refractivity contribution in [2.45, 2.75) is 44.5 Å². The van der Waals surface area contributed by atoms with Crippen LogP contribution >= 0.6 is 0 Å². The second-order valence-electron chi connectivity index (χ2n) is 8.62. The van der Waals surface area contributed by atoms with Crippen molar-refractivity contribution in [2.75, 3.05) is 7.11 Å². The molecule has 1 amide bonds. The monoisotopic (exact) mass is 598 g/mol. The van der Waals surface area contributed by atoms with Gasteiger partial charge in [-0.25, -0.2) is 13.2 Å². The molecule has 224 valence electrons. The fourth-order valence-corrected chi connectivity index (χ4v) is 4.28. The molecule has 0 aliphatic heterocycles. The molecule has 0 aliphatic rings. The van der Waals surface area contributed by atoms with Gasteiger partial charge in [-0.1, -0.05) is 69.8 Å². The van der Waals surface area contributed by atoms with Crippen LogP contribution in [0.3, 0.4) is 0 Å². The van der Waals surface area contributed by atoms with Crippen LogP contribution in [0.2, 0.25) is 0 Å². The number of rotatable bonds is 11. The highest BCUT2D eigenvalue weighted by atomic mass is 32.2. The second kappa shape index (κ2) is 16.4. The average Bonchev–Trinajstić information content (AvgIpc) is 2.90. The molecule has 0 saturated heterocycles. The lowest BCUT2D eigenvalue weighted by Crippen LogP contribution is -2.44. The van der Waals surface area contributed by atoms with Gasteiger partial charge in [0.25, 0.3) is 0 Å². The molecule has 0 aromatic heterocycles. The van der Waals surface area contributed by atoms with Gasteiger partial charge in [-0.15, -0.1) is 13.2 Å². The van der Waals surface area contributed by atoms with Crippen molar-refractivity contribution in [3.63, 3.8) is 0 Å². The standard InChI is InChI=1S/C26H30N2O6S.C2H3F3O/c1-5-6-7-8-9-19(4)27-26(31)34-22-14-10-20(11-15-22)21-12-16-23(17-13-21)35(32,33)28-24(18(2)3)25(29)30;1-6-2(3,4)5/h6-18,24,28H,4-5H2,1-3H3,(H,27,31)(H,29,30);1H3/b7-6-,9-8-;. The Morgan fingerprint density at radius 2 is 1.54 bits per heavy atom. The maximum Gasteiger partial charge on any atom is 0.522 e. The molecule has 0 heterocycles. The van der Waals surface area contributed by atoms with E-state index in [1.807, 2.05) is 19.1 Å². The summed E-state index contributed by atoms with van der Waals surface area (Å²) in [6.07, 6.45) is 3.02. The lowest BCUT2D eigenvalue weighted by atomic mass is 10.1. The van der Waals surface area contributed by atoms with E-state index in [4.69, 9.17) is 4.74 Å². The third-order valence-electron chi connectivity index (χ3n) is 5.05. The Morgan fingerprint density at radius 1 is 1.02 bits per heavy atom. The molecule has 9 nitrogen and oxygen atoms in total. The minimum Gasteiger partial charge on any atom is -0.480 e. The molecule has 2 aromatic rings. The predicted octanol–water partition coefficient (Wildman–Crippen LogP) is 6.02. The molecule has 0 aliphatic carbocycles. The number of sulfonamides is 1. The molecule has 0 fully saturated rings. The van der Waals surface area contributed by atoms with Gasteiger partial charge in [0.05, 0.1) is 4.90 Å². The van der Waals surface area contributed by atoms with Gasteiger partial charge in [0.15, 0.2) is 0 Å². The van der Waals surface area contributed by atoms with Crippen molar-refractivity contribution in [3.8, 4) is 16.9 Å². The number of halogens is 3. The van der Waals surface area contributed by atoms with Crippen LogP contribution in [0.5, 0.6) is 5.75 Å². The number of hydrogen-bond acceptors (Lipinski definition) is 6. The number of alkyl halides is 3. The number of nitrogens with one attached hydrogen (secondary N) is 2. The highest BCUT2D eigenvalue weighted by Crippen LogP contribution is 2.24. The zero-order valence-corrected chi connectivity index (χ0v) is 23.8. The van der Waals surface area contributed by atoms with Gasteiger partial charge in [-0.2, -0.15) is 4.72 Å². The summed E-state index contributed by atoms with van der Waals surface area (Å²) in [4.78, 5) is 23.3. The topological polar surface area (TPSA) is 131 Å². The molecule has 2 rings (SSSR count). The number of hydrogen-bond donors (Lipinski definition) is 3. The normalized spacial score (nSPS) is 12.6. The number of carboxylic acid groups (broad SMARTS) is 1. The first-order valence-electron chi connectivity index (χ1n) is 12.2. The van der Waals surface area contributed by atoms with Crippen molar-refractivity contribution < 1.29 is 45.8 Å². The Balaban J connectivity index is 0.00000126. The fraction of sp³-hybridized carbons (Fsp3) is 0.286. The highest BCUT2D eigenvalue weighted by Gasteiger charge is 2.28. The minimum absolute atomic E-state index is 0.0377. The lowest BCUT2D eigenvalue weighted by molar-refractivity contribution is -0.311. The van der Waals surface area contributed by atoms with E-state index in [2.05, 4.69) is 21.4 Å². The maximum atomic E-state index is 12.6. The molecule has 41 heavy (non-hydrogen) atoms. The number of amides is 1. The summed E-state index contributed by atoms with van der Waals surface area (Å²) >= 11 is 0. The number of aliphatic carboxylic acids is 1. The summed E-state index contributed by atoms with van der Waals surface area (Å²) in [7, 11) is -3.42. The van der Waals surface area contributed by atoms with Crippen molar-refractivity contribution in [1.82, 2.24) is 10.0 Å². The number of ether oxygens (including phenoxy) is 2. The van der Waals surface area contributed by atoms with E-state index in [1.165, 1.54) is 12.1 Å². The van der Waals surface area contributed by atoms with Gasteiger partial charge < -0.3 is 9.84 Å². The number of methoxy groups -OCH3 is 1. The van der Waals surface area contributed by atoms with E-state index in [1.54, 1.807) is 62.4 Å². The Hall–Kier alpha value is -3.94. The number of carbonyl (C=O) groups excluding carboxylic acids is 1. The van der Waals surface area contributed by atoms with Gasteiger partial charge in [0.2, 0.25) is 10.0 Å². The molecule has 1 atom stereocenters. The van der Waals surface area contributed by atoms with E-state index in [-0.39, 0.29) is 4.90 Å². The molecule has 0 bridgehead atoms. The van der Waals surface area contributed by atoms with E-state index in [0.29, 0.717) is 18.6 Å². The zero-order valence-electron chi connectivity index (χ0n) is 22.9. The van der Waals surface area contributed by atoms with Crippen LogP contribution in [0.4, 0.5) is 18.0 Å². The van der Waals surface area contributed by atoms with E-state index in [0.717, 1.165) is 17.5 Å². The van der Waals surface area contributed by atoms with Crippen molar-refractivity contribution in [2.24, 2.45) is 5.92 Å². The summed E-state index contributed by atoms with van der Waals surface area (Å²) in [6, 6.07) is 11.5. The van der Waals surface area contributed by atoms with Gasteiger partial charge in [-0.05, 0) is 53.8 Å². The molecule has 0 saturated carbocycles. The number of carboxylic acids is 1. The molecular formula is C28H33F3N2O7S. The molecule has 0 radical (unpaired) electrons. The largest absolute Gasteiger partial charge is 0.522 e. The molecule has 2 aromatic carbocycles. The van der Waals surface area contributed by atoms with Crippen LogP contribution < -0.4 is 14.8 Å². The first-order chi connectivity index (χ1) is 19.1. The summed E-state index contributed by atoms with van der Waals surface area (Å²) in [5.41, 5.74) is 1.90. The average molecular weight is 599 g/mol. The smallest absolute Gasteiger partial charge is 0.480 e. The maximum absolute atomic E-state index is 12.6. The Kier molecular flexibility index (Phi) is 14.0. The zero-order chi connectivity index (χ0) is 31.2. The first-order valence-corrected chi connectivity index (χ1v) is 13.7. The quantitative estimate of drug-likeness (QED) is 0.270. The van der Waals surface area contributed by atoms with Crippen LogP contribution in [-0.4, -0.2) is 45.1 Å². The van der Waals surface area contributed by atoms with Gasteiger partial charge in [0.1, 0.15) is 11.8 Å². The summed E-state index contributed by atoms with van der Waals surface area (Å²) < 4.78 is 67.2. The summed E-state index contributed by atoms with van der Waals surface area (Å²) in [5, 5.41) is 11.8. The molecule has 13 heteroatoms. The van der Waals surface area contributed by atoms with E-state index in [9.17, 15) is 36.3 Å². The summed E-state index contributed by atoms with van der Waals surface area (Å²) in [5.74, 6) is -1.33. The first kappa shape index (κ1) is 35.1. The Morgan fingerprint density at radius 3 is 1.98 bits per heavy atom. The molecular weight excluding hydrogens is 565 g/mol. The Bertz CT molecular complexity index is 1320. The predicted molar refractivity (Wildman–Crippen MR) is 148 cm³/mol. The van der Waals surface area contributed by atoms with E-state index < -0.39 is 40.4 Å². The van der Waals surface area contributed by atoms with Crippen LogP contribution in [0.25, 0.3) is 11.1 Å². The van der Waals surface area contributed by atoms with Crippen LogP contribution in [-0.2, 0) is 19.6 Å². The summed E-state index contributed by atoms with van der Waals surface area (Å²) in [6.45, 7) is 9.01. The van der Waals surface area contributed by atoms with Gasteiger partial charge in [-0.3, -0.25) is 14.8 Å². The number of carbonyl (C=O) groups is 2. The van der Waals surface area contributed by atoms with Crippen molar-refractivity contribution >= 4 is 22.1 Å². The van der Waals surface area contributed by atoms with Crippen LogP contribution in [0.15, 0.2) is 90.0 Å². The highest BCUT2D eigenvalue weighted by molar-refractivity contribution is 7.89. The van der Waals surface area contributed by atoms with Gasteiger partial charge >= 0.3 is 18.4 Å². The van der Waals surface area contributed by atoms with Crippen molar-refractivity contribution in [3.05, 3.63) is 85.1 Å². The second-order valence-corrected chi connectivity index (χ2v) is 10.3. The van der Waals surface area contributed by atoms with Crippen molar-refractivity contribution in [1.29, 1.82) is 0 Å². The SMILES string of the molecule is C=C(/C=C\C=C/CC)NC(=O)Oc1ccc(-c2ccc(S(=O)(=O)NC(C(=O)O)C(C)C)cc2)cc1.COC(F)(F)F. The molecule has 1 unspecified atom stereocenters. The molecule has 0 spiro atoms. The lowest BCUT2D eigenvalue weighted by Gasteiger charge is -2.18.